The summed E-state index contributed by atoms with van der Waals surface area (Å²) >= 11 is 0. The fraction of sp³-hybridized carbons (Fsp3) is 0.467. The van der Waals surface area contributed by atoms with Crippen LogP contribution in [0.15, 0.2) is 28.9 Å². The quantitative estimate of drug-likeness (QED) is 0.864. The second kappa shape index (κ2) is 5.15. The standard InChI is InChI=1S/C15H19N3O2/c1-3-11-10-14(20-16-11)15(19)18-9-8-17-7-5-6-13(17)12(18)4-2/h5-7,10,12H,3-4,8-9H2,1-2H3. The third kappa shape index (κ3) is 2.03. The Bertz CT molecular complexity index is 614. The van der Waals surface area contributed by atoms with Crippen molar-refractivity contribution in [3.8, 4) is 0 Å². The van der Waals surface area contributed by atoms with Gasteiger partial charge in [-0.3, -0.25) is 4.79 Å². The lowest BCUT2D eigenvalue weighted by Gasteiger charge is -2.35. The van der Waals surface area contributed by atoms with Gasteiger partial charge in [-0.25, -0.2) is 0 Å². The Kier molecular flexibility index (Phi) is 3.34. The van der Waals surface area contributed by atoms with Crippen LogP contribution in [0.4, 0.5) is 0 Å². The highest BCUT2D eigenvalue weighted by Gasteiger charge is 2.31. The van der Waals surface area contributed by atoms with Gasteiger partial charge in [0, 0.05) is 31.0 Å². The van der Waals surface area contributed by atoms with Gasteiger partial charge in [0.15, 0.2) is 0 Å². The molecule has 5 heteroatoms. The van der Waals surface area contributed by atoms with Gasteiger partial charge in [0.1, 0.15) is 0 Å². The van der Waals surface area contributed by atoms with E-state index in [1.165, 1.54) is 5.69 Å². The van der Waals surface area contributed by atoms with Gasteiger partial charge in [0.25, 0.3) is 5.91 Å². The Balaban J connectivity index is 1.88. The average Bonchev–Trinajstić information content (AvgIpc) is 3.13. The molecule has 1 amide bonds. The molecule has 1 aliphatic heterocycles. The van der Waals surface area contributed by atoms with Crippen LogP contribution in [-0.2, 0) is 13.0 Å². The van der Waals surface area contributed by atoms with Crippen LogP contribution in [0.3, 0.4) is 0 Å². The van der Waals surface area contributed by atoms with E-state index in [4.69, 9.17) is 4.52 Å². The van der Waals surface area contributed by atoms with Gasteiger partial charge >= 0.3 is 0 Å². The molecule has 0 N–H and O–H groups in total. The third-order valence-corrected chi connectivity index (χ3v) is 3.94. The number of amides is 1. The summed E-state index contributed by atoms with van der Waals surface area (Å²) in [5, 5.41) is 3.91. The molecule has 5 nitrogen and oxygen atoms in total. The Morgan fingerprint density at radius 3 is 3.00 bits per heavy atom. The summed E-state index contributed by atoms with van der Waals surface area (Å²) in [4.78, 5) is 14.5. The normalized spacial score (nSPS) is 18.1. The van der Waals surface area contributed by atoms with Gasteiger partial charge in [-0.1, -0.05) is 19.0 Å². The second-order valence-corrected chi connectivity index (χ2v) is 5.09. The maximum absolute atomic E-state index is 12.6. The van der Waals surface area contributed by atoms with E-state index < -0.39 is 0 Å². The lowest BCUT2D eigenvalue weighted by molar-refractivity contribution is 0.0575. The molecular weight excluding hydrogens is 254 g/mol. The molecule has 0 aromatic carbocycles. The van der Waals surface area contributed by atoms with Gasteiger partial charge in [-0.05, 0) is 25.0 Å². The predicted molar refractivity (Wildman–Crippen MR) is 74.4 cm³/mol. The summed E-state index contributed by atoms with van der Waals surface area (Å²) in [7, 11) is 0. The number of hydrogen-bond donors (Lipinski definition) is 0. The summed E-state index contributed by atoms with van der Waals surface area (Å²) in [6.45, 7) is 5.64. The van der Waals surface area contributed by atoms with E-state index in [1.807, 2.05) is 17.9 Å². The molecule has 0 saturated heterocycles. The summed E-state index contributed by atoms with van der Waals surface area (Å²) in [6.07, 6.45) is 3.74. The minimum Gasteiger partial charge on any atom is -0.351 e. The van der Waals surface area contributed by atoms with Crippen molar-refractivity contribution in [1.82, 2.24) is 14.6 Å². The van der Waals surface area contributed by atoms with E-state index in [2.05, 4.69) is 28.9 Å². The van der Waals surface area contributed by atoms with Crippen LogP contribution in [0.1, 0.15) is 48.3 Å². The van der Waals surface area contributed by atoms with Crippen LogP contribution in [0, 0.1) is 0 Å². The summed E-state index contributed by atoms with van der Waals surface area (Å²) in [5.74, 6) is 0.289. The molecule has 1 unspecified atom stereocenters. The highest BCUT2D eigenvalue weighted by atomic mass is 16.5. The first-order valence-electron chi connectivity index (χ1n) is 7.16. The first kappa shape index (κ1) is 13.0. The number of nitrogens with zero attached hydrogens (tertiary/aromatic N) is 3. The van der Waals surface area contributed by atoms with E-state index in [0.717, 1.165) is 25.1 Å². The van der Waals surface area contributed by atoms with Gasteiger partial charge in [0.05, 0.1) is 11.7 Å². The van der Waals surface area contributed by atoms with Crippen LogP contribution in [-0.4, -0.2) is 27.1 Å². The number of hydrogen-bond acceptors (Lipinski definition) is 3. The maximum Gasteiger partial charge on any atom is 0.293 e. The number of rotatable bonds is 3. The smallest absolute Gasteiger partial charge is 0.293 e. The van der Waals surface area contributed by atoms with Crippen LogP contribution in [0.25, 0.3) is 0 Å². The molecule has 0 bridgehead atoms. The average molecular weight is 273 g/mol. The fourth-order valence-corrected chi connectivity index (χ4v) is 2.86. The largest absolute Gasteiger partial charge is 0.351 e. The van der Waals surface area contributed by atoms with E-state index in [1.54, 1.807) is 6.07 Å². The summed E-state index contributed by atoms with van der Waals surface area (Å²) in [5.41, 5.74) is 2.02. The zero-order valence-electron chi connectivity index (χ0n) is 11.9. The maximum atomic E-state index is 12.6. The topological polar surface area (TPSA) is 51.3 Å². The van der Waals surface area contributed by atoms with Crippen molar-refractivity contribution < 1.29 is 9.32 Å². The van der Waals surface area contributed by atoms with E-state index in [0.29, 0.717) is 12.3 Å². The Morgan fingerprint density at radius 2 is 2.30 bits per heavy atom. The molecule has 0 spiro atoms. The van der Waals surface area contributed by atoms with Gasteiger partial charge in [0.2, 0.25) is 5.76 Å². The van der Waals surface area contributed by atoms with E-state index >= 15 is 0 Å². The van der Waals surface area contributed by atoms with E-state index in [-0.39, 0.29) is 11.9 Å². The predicted octanol–water partition coefficient (Wildman–Crippen LogP) is 2.65. The van der Waals surface area contributed by atoms with Crippen molar-refractivity contribution in [2.45, 2.75) is 39.3 Å². The number of aryl methyl sites for hydroxylation is 1. The minimum absolute atomic E-state index is 0.0588. The number of aromatic nitrogens is 2. The van der Waals surface area contributed by atoms with Crippen LogP contribution in [0.5, 0.6) is 0 Å². The van der Waals surface area contributed by atoms with Crippen molar-refractivity contribution >= 4 is 5.91 Å². The Hall–Kier alpha value is -2.04. The number of carbonyl (C=O) groups is 1. The highest BCUT2D eigenvalue weighted by molar-refractivity contribution is 5.91. The zero-order chi connectivity index (χ0) is 14.1. The molecule has 0 radical (unpaired) electrons. The monoisotopic (exact) mass is 273 g/mol. The first-order valence-corrected chi connectivity index (χ1v) is 7.16. The molecule has 106 valence electrons. The van der Waals surface area contributed by atoms with E-state index in [9.17, 15) is 4.79 Å². The molecule has 0 saturated carbocycles. The third-order valence-electron chi connectivity index (χ3n) is 3.94. The lowest BCUT2D eigenvalue weighted by atomic mass is 10.1. The lowest BCUT2D eigenvalue weighted by Crippen LogP contribution is -2.41. The van der Waals surface area contributed by atoms with Crippen molar-refractivity contribution in [1.29, 1.82) is 0 Å². The number of carbonyl (C=O) groups excluding carboxylic acids is 1. The first-order chi connectivity index (χ1) is 9.74. The zero-order valence-corrected chi connectivity index (χ0v) is 11.9. The van der Waals surface area contributed by atoms with Crippen LogP contribution < -0.4 is 0 Å². The summed E-state index contributed by atoms with van der Waals surface area (Å²) < 4.78 is 7.40. The molecule has 2 aromatic rings. The van der Waals surface area contributed by atoms with Crippen molar-refractivity contribution in [3.05, 3.63) is 41.5 Å². The SMILES string of the molecule is CCc1cc(C(=O)N2CCn3cccc3C2CC)on1. The molecule has 0 aliphatic carbocycles. The Labute approximate surface area is 118 Å². The Morgan fingerprint density at radius 1 is 1.45 bits per heavy atom. The van der Waals surface area contributed by atoms with Crippen molar-refractivity contribution in [2.24, 2.45) is 0 Å². The summed E-state index contributed by atoms with van der Waals surface area (Å²) in [6, 6.07) is 5.99. The molecule has 2 aromatic heterocycles. The van der Waals surface area contributed by atoms with Crippen molar-refractivity contribution in [3.63, 3.8) is 0 Å². The van der Waals surface area contributed by atoms with Gasteiger partial charge in [-0.2, -0.15) is 0 Å². The molecule has 1 aliphatic rings. The molecule has 20 heavy (non-hydrogen) atoms. The van der Waals surface area contributed by atoms with Crippen molar-refractivity contribution in [2.75, 3.05) is 6.54 Å². The highest BCUT2D eigenvalue weighted by Crippen LogP contribution is 2.30. The molecule has 1 atom stereocenters. The second-order valence-electron chi connectivity index (χ2n) is 5.09. The molecule has 0 fully saturated rings. The van der Waals surface area contributed by atoms with Gasteiger partial charge < -0.3 is 14.0 Å². The molecular formula is C15H19N3O2. The van der Waals surface area contributed by atoms with Crippen LogP contribution in [0.2, 0.25) is 0 Å². The van der Waals surface area contributed by atoms with Crippen LogP contribution >= 0.6 is 0 Å². The molecule has 3 heterocycles. The number of fused-ring (bicyclic) bond motifs is 1. The molecule has 3 rings (SSSR count). The van der Waals surface area contributed by atoms with Gasteiger partial charge in [-0.15, -0.1) is 0 Å². The fourth-order valence-electron chi connectivity index (χ4n) is 2.86. The minimum atomic E-state index is -0.0588.